The third-order valence-corrected chi connectivity index (χ3v) is 6.22. The summed E-state index contributed by atoms with van der Waals surface area (Å²) in [6, 6.07) is 16.7. The molecule has 0 saturated carbocycles. The molecule has 0 atom stereocenters. The molecule has 0 aromatic heterocycles. The Hall–Kier alpha value is -2.33. The van der Waals surface area contributed by atoms with E-state index in [2.05, 4.69) is 45.4 Å². The third-order valence-electron chi connectivity index (χ3n) is 6.22. The summed E-state index contributed by atoms with van der Waals surface area (Å²) in [4.78, 5) is 17.8. The van der Waals surface area contributed by atoms with Gasteiger partial charge in [-0.25, -0.2) is 0 Å². The van der Waals surface area contributed by atoms with Gasteiger partial charge in [0.15, 0.2) is 0 Å². The van der Waals surface area contributed by atoms with Crippen molar-refractivity contribution < 1.29 is 4.79 Å². The van der Waals surface area contributed by atoms with Crippen LogP contribution in [0.2, 0.25) is 0 Å². The average Bonchev–Trinajstić information content (AvgIpc) is 2.79. The number of likely N-dealkylation sites (tertiary alicyclic amines) is 1. The van der Waals surface area contributed by atoms with E-state index in [4.69, 9.17) is 0 Å². The molecule has 0 aliphatic carbocycles. The van der Waals surface area contributed by atoms with Crippen LogP contribution in [0.1, 0.15) is 60.0 Å². The number of hydrogen-bond donors (Lipinski definition) is 1. The molecule has 154 valence electrons. The van der Waals surface area contributed by atoms with Crippen molar-refractivity contribution in [2.24, 2.45) is 0 Å². The van der Waals surface area contributed by atoms with E-state index in [1.54, 1.807) is 0 Å². The molecule has 4 rings (SSSR count). The first-order valence-corrected chi connectivity index (χ1v) is 11.2. The second kappa shape index (κ2) is 9.93. The van der Waals surface area contributed by atoms with Gasteiger partial charge in [-0.2, -0.15) is 0 Å². The number of nitrogens with zero attached hydrogens (tertiary/aromatic N) is 2. The highest BCUT2D eigenvalue weighted by molar-refractivity contribution is 5.95. The first-order chi connectivity index (χ1) is 14.3. The number of carbonyl (C=O) groups excluding carboxylic acids is 1. The molecule has 2 aromatic rings. The van der Waals surface area contributed by atoms with Crippen molar-refractivity contribution in [3.05, 3.63) is 65.2 Å². The fourth-order valence-corrected chi connectivity index (χ4v) is 4.49. The highest BCUT2D eigenvalue weighted by Gasteiger charge is 2.16. The Labute approximate surface area is 174 Å². The maximum Gasteiger partial charge on any atom is 0.251 e. The highest BCUT2D eigenvalue weighted by atomic mass is 16.1. The van der Waals surface area contributed by atoms with Gasteiger partial charge in [-0.05, 0) is 74.5 Å². The standard InChI is InChI=1S/C25H33N3O/c29-25(24-10-4-3-9-22(24)20-27-15-5-1-6-16-27)26-19-21-11-13-23(14-12-21)28-17-7-2-8-18-28/h3-4,9-14H,1-2,5-8,15-20H2,(H,26,29). The van der Waals surface area contributed by atoms with Crippen LogP contribution in [0.5, 0.6) is 0 Å². The molecule has 2 fully saturated rings. The minimum Gasteiger partial charge on any atom is -0.372 e. The number of nitrogens with one attached hydrogen (secondary N) is 1. The summed E-state index contributed by atoms with van der Waals surface area (Å²) in [5.41, 5.74) is 4.38. The van der Waals surface area contributed by atoms with E-state index in [1.807, 2.05) is 18.2 Å². The zero-order valence-corrected chi connectivity index (χ0v) is 17.4. The smallest absolute Gasteiger partial charge is 0.251 e. The quantitative estimate of drug-likeness (QED) is 0.782. The van der Waals surface area contributed by atoms with Crippen LogP contribution in [-0.2, 0) is 13.1 Å². The van der Waals surface area contributed by atoms with Gasteiger partial charge in [-0.3, -0.25) is 9.69 Å². The zero-order valence-electron chi connectivity index (χ0n) is 17.4. The Morgan fingerprint density at radius 3 is 2.17 bits per heavy atom. The minimum absolute atomic E-state index is 0.0257. The summed E-state index contributed by atoms with van der Waals surface area (Å²) < 4.78 is 0. The summed E-state index contributed by atoms with van der Waals surface area (Å²) in [7, 11) is 0. The minimum atomic E-state index is 0.0257. The number of piperidine rings is 2. The fraction of sp³-hybridized carbons (Fsp3) is 0.480. The average molecular weight is 392 g/mol. The second-order valence-corrected chi connectivity index (χ2v) is 8.39. The number of rotatable bonds is 6. The number of benzene rings is 2. The predicted octanol–water partition coefficient (Wildman–Crippen LogP) is 4.59. The second-order valence-electron chi connectivity index (χ2n) is 8.39. The van der Waals surface area contributed by atoms with E-state index >= 15 is 0 Å². The molecule has 4 heteroatoms. The van der Waals surface area contributed by atoms with Crippen LogP contribution in [0.3, 0.4) is 0 Å². The maximum atomic E-state index is 12.9. The molecule has 2 saturated heterocycles. The van der Waals surface area contributed by atoms with Gasteiger partial charge >= 0.3 is 0 Å². The van der Waals surface area contributed by atoms with Gasteiger partial charge in [-0.15, -0.1) is 0 Å². The monoisotopic (exact) mass is 391 g/mol. The topological polar surface area (TPSA) is 35.6 Å². The molecule has 2 heterocycles. The molecule has 0 unspecified atom stereocenters. The van der Waals surface area contributed by atoms with Crippen LogP contribution in [0.4, 0.5) is 5.69 Å². The molecular weight excluding hydrogens is 358 g/mol. The van der Waals surface area contributed by atoms with Crippen molar-refractivity contribution in [2.75, 3.05) is 31.1 Å². The largest absolute Gasteiger partial charge is 0.372 e. The van der Waals surface area contributed by atoms with E-state index in [0.717, 1.165) is 49.4 Å². The molecule has 1 amide bonds. The van der Waals surface area contributed by atoms with Gasteiger partial charge in [0.2, 0.25) is 0 Å². The Bertz CT molecular complexity index is 790. The number of amides is 1. The molecule has 4 nitrogen and oxygen atoms in total. The van der Waals surface area contributed by atoms with E-state index < -0.39 is 0 Å². The third kappa shape index (κ3) is 5.39. The molecule has 0 spiro atoms. The van der Waals surface area contributed by atoms with E-state index in [-0.39, 0.29) is 5.91 Å². The lowest BCUT2D eigenvalue weighted by molar-refractivity contribution is 0.0948. The summed E-state index contributed by atoms with van der Waals surface area (Å²) >= 11 is 0. The Balaban J connectivity index is 1.34. The molecule has 0 radical (unpaired) electrons. The fourth-order valence-electron chi connectivity index (χ4n) is 4.49. The normalized spacial score (nSPS) is 17.9. The van der Waals surface area contributed by atoms with Crippen molar-refractivity contribution in [3.8, 4) is 0 Å². The predicted molar refractivity (Wildman–Crippen MR) is 119 cm³/mol. The Morgan fingerprint density at radius 2 is 1.45 bits per heavy atom. The van der Waals surface area contributed by atoms with Crippen molar-refractivity contribution in [1.29, 1.82) is 0 Å². The van der Waals surface area contributed by atoms with E-state index in [1.165, 1.54) is 44.2 Å². The molecule has 29 heavy (non-hydrogen) atoms. The zero-order chi connectivity index (χ0) is 19.9. The van der Waals surface area contributed by atoms with Crippen molar-refractivity contribution in [1.82, 2.24) is 10.2 Å². The van der Waals surface area contributed by atoms with Crippen molar-refractivity contribution >= 4 is 11.6 Å². The van der Waals surface area contributed by atoms with Crippen molar-refractivity contribution in [3.63, 3.8) is 0 Å². The van der Waals surface area contributed by atoms with Crippen LogP contribution in [0, 0.1) is 0 Å². The van der Waals surface area contributed by atoms with Gasteiger partial charge in [0.25, 0.3) is 5.91 Å². The summed E-state index contributed by atoms with van der Waals surface area (Å²) in [5.74, 6) is 0.0257. The molecule has 0 bridgehead atoms. The molecular formula is C25H33N3O. The van der Waals surface area contributed by atoms with E-state index in [9.17, 15) is 4.79 Å². The van der Waals surface area contributed by atoms with Gasteiger partial charge in [-0.1, -0.05) is 36.8 Å². The Morgan fingerprint density at radius 1 is 0.793 bits per heavy atom. The van der Waals surface area contributed by atoms with Crippen LogP contribution < -0.4 is 10.2 Å². The lowest BCUT2D eigenvalue weighted by Crippen LogP contribution is -2.31. The van der Waals surface area contributed by atoms with Crippen molar-refractivity contribution in [2.45, 2.75) is 51.6 Å². The van der Waals surface area contributed by atoms with Gasteiger partial charge < -0.3 is 10.2 Å². The highest BCUT2D eigenvalue weighted by Crippen LogP contribution is 2.20. The summed E-state index contributed by atoms with van der Waals surface area (Å²) in [5, 5.41) is 3.12. The van der Waals surface area contributed by atoms with Gasteiger partial charge in [0.05, 0.1) is 0 Å². The lowest BCUT2D eigenvalue weighted by Gasteiger charge is -2.28. The lowest BCUT2D eigenvalue weighted by atomic mass is 10.0. The van der Waals surface area contributed by atoms with Crippen LogP contribution in [0.15, 0.2) is 48.5 Å². The molecule has 1 N–H and O–H groups in total. The maximum absolute atomic E-state index is 12.9. The van der Waals surface area contributed by atoms with Gasteiger partial charge in [0.1, 0.15) is 0 Å². The molecule has 2 aromatic carbocycles. The van der Waals surface area contributed by atoms with Crippen LogP contribution >= 0.6 is 0 Å². The summed E-state index contributed by atoms with van der Waals surface area (Å²) in [6.07, 6.45) is 7.78. The molecule has 2 aliphatic heterocycles. The Kier molecular flexibility index (Phi) is 6.83. The van der Waals surface area contributed by atoms with Crippen LogP contribution in [-0.4, -0.2) is 37.0 Å². The van der Waals surface area contributed by atoms with E-state index in [0.29, 0.717) is 6.54 Å². The number of carbonyl (C=O) groups is 1. The molecule has 2 aliphatic rings. The summed E-state index contributed by atoms with van der Waals surface area (Å²) in [6.45, 7) is 6.03. The number of hydrogen-bond acceptors (Lipinski definition) is 3. The van der Waals surface area contributed by atoms with Crippen LogP contribution in [0.25, 0.3) is 0 Å². The number of anilines is 1. The first kappa shape index (κ1) is 20.0. The van der Waals surface area contributed by atoms with Gasteiger partial charge in [0, 0.05) is 37.4 Å². The first-order valence-electron chi connectivity index (χ1n) is 11.2. The SMILES string of the molecule is O=C(NCc1ccc(N2CCCCC2)cc1)c1ccccc1CN1CCCCC1.